The van der Waals surface area contributed by atoms with Crippen LogP contribution in [0.4, 0.5) is 0 Å². The summed E-state index contributed by atoms with van der Waals surface area (Å²) >= 11 is 0. The Hall–Kier alpha value is -1.64. The lowest BCUT2D eigenvalue weighted by Gasteiger charge is -2.09. The van der Waals surface area contributed by atoms with Gasteiger partial charge in [-0.05, 0) is 18.4 Å². The molecule has 0 aliphatic rings. The first-order valence-corrected chi connectivity index (χ1v) is 6.28. The molecule has 1 unspecified atom stereocenters. The van der Waals surface area contributed by atoms with E-state index in [1.54, 1.807) is 0 Å². The zero-order valence-electron chi connectivity index (χ0n) is 11.2. The Morgan fingerprint density at radius 1 is 1.22 bits per heavy atom. The van der Waals surface area contributed by atoms with Gasteiger partial charge in [-0.1, -0.05) is 38.1 Å². The Morgan fingerprint density at radius 3 is 2.33 bits per heavy atom. The van der Waals surface area contributed by atoms with Gasteiger partial charge in [0.1, 0.15) is 0 Å². The number of benzene rings is 1. The smallest absolute Gasteiger partial charge is 0.308 e. The maximum atomic E-state index is 11.5. The molecule has 0 saturated heterocycles. The molecular formula is C15H20O3. The molecule has 3 nitrogen and oxygen atoms in total. The van der Waals surface area contributed by atoms with Crippen molar-refractivity contribution in [1.29, 1.82) is 0 Å². The molecule has 0 N–H and O–H groups in total. The minimum absolute atomic E-state index is 0.0908. The van der Waals surface area contributed by atoms with Crippen LogP contribution >= 0.6 is 0 Å². The summed E-state index contributed by atoms with van der Waals surface area (Å²) in [5.74, 6) is -0.107. The Balaban J connectivity index is 2.54. The predicted molar refractivity (Wildman–Crippen MR) is 70.6 cm³/mol. The molecule has 0 fully saturated rings. The molecule has 0 aromatic heterocycles. The summed E-state index contributed by atoms with van der Waals surface area (Å²) in [6.07, 6.45) is 2.10. The van der Waals surface area contributed by atoms with Crippen LogP contribution in [0.15, 0.2) is 24.3 Å². The van der Waals surface area contributed by atoms with Crippen molar-refractivity contribution in [3.05, 3.63) is 35.4 Å². The number of methoxy groups -OCH3 is 1. The SMILES string of the molecule is CCC(=O)c1ccc(CCC(C)C(=O)OC)cc1. The highest BCUT2D eigenvalue weighted by molar-refractivity contribution is 5.95. The zero-order chi connectivity index (χ0) is 13.5. The normalized spacial score (nSPS) is 11.9. The van der Waals surface area contributed by atoms with E-state index >= 15 is 0 Å². The zero-order valence-corrected chi connectivity index (χ0v) is 11.2. The summed E-state index contributed by atoms with van der Waals surface area (Å²) in [5.41, 5.74) is 1.89. The highest BCUT2D eigenvalue weighted by atomic mass is 16.5. The molecule has 3 heteroatoms. The van der Waals surface area contributed by atoms with Gasteiger partial charge in [0.15, 0.2) is 5.78 Å². The average Bonchev–Trinajstić information content (AvgIpc) is 2.43. The van der Waals surface area contributed by atoms with Crippen LogP contribution in [0.25, 0.3) is 0 Å². The van der Waals surface area contributed by atoms with E-state index in [0.29, 0.717) is 6.42 Å². The van der Waals surface area contributed by atoms with Crippen molar-refractivity contribution in [3.63, 3.8) is 0 Å². The van der Waals surface area contributed by atoms with Gasteiger partial charge >= 0.3 is 5.97 Å². The largest absolute Gasteiger partial charge is 0.469 e. The molecular weight excluding hydrogens is 228 g/mol. The van der Waals surface area contributed by atoms with Crippen LogP contribution in [0.2, 0.25) is 0 Å². The monoisotopic (exact) mass is 248 g/mol. The van der Waals surface area contributed by atoms with Crippen LogP contribution in [0.1, 0.15) is 42.6 Å². The summed E-state index contributed by atoms with van der Waals surface area (Å²) < 4.78 is 4.68. The molecule has 0 aliphatic heterocycles. The van der Waals surface area contributed by atoms with Gasteiger partial charge in [0.25, 0.3) is 0 Å². The topological polar surface area (TPSA) is 43.4 Å². The second-order valence-corrected chi connectivity index (χ2v) is 4.44. The van der Waals surface area contributed by atoms with Gasteiger partial charge < -0.3 is 4.74 Å². The van der Waals surface area contributed by atoms with E-state index in [4.69, 9.17) is 0 Å². The van der Waals surface area contributed by atoms with Crippen LogP contribution in [0.5, 0.6) is 0 Å². The summed E-state index contributed by atoms with van der Waals surface area (Å²) in [7, 11) is 1.41. The first-order chi connectivity index (χ1) is 8.58. The molecule has 0 heterocycles. The minimum Gasteiger partial charge on any atom is -0.469 e. The third kappa shape index (κ3) is 3.99. The molecule has 1 atom stereocenters. The number of rotatable bonds is 6. The van der Waals surface area contributed by atoms with E-state index < -0.39 is 0 Å². The Morgan fingerprint density at radius 2 is 1.83 bits per heavy atom. The van der Waals surface area contributed by atoms with Crippen molar-refractivity contribution in [3.8, 4) is 0 Å². The number of ether oxygens (including phenoxy) is 1. The van der Waals surface area contributed by atoms with Crippen molar-refractivity contribution in [2.24, 2.45) is 5.92 Å². The highest BCUT2D eigenvalue weighted by Gasteiger charge is 2.12. The number of esters is 1. The van der Waals surface area contributed by atoms with Gasteiger partial charge in [0.05, 0.1) is 13.0 Å². The van der Waals surface area contributed by atoms with Crippen molar-refractivity contribution in [2.75, 3.05) is 7.11 Å². The highest BCUT2D eigenvalue weighted by Crippen LogP contribution is 2.13. The van der Waals surface area contributed by atoms with Crippen LogP contribution in [0, 0.1) is 5.92 Å². The maximum absolute atomic E-state index is 11.5. The summed E-state index contributed by atoms with van der Waals surface area (Å²) in [6, 6.07) is 7.60. The van der Waals surface area contributed by atoms with E-state index in [0.717, 1.165) is 24.0 Å². The van der Waals surface area contributed by atoms with E-state index in [1.165, 1.54) is 7.11 Å². The lowest BCUT2D eigenvalue weighted by atomic mass is 9.99. The second kappa shape index (κ2) is 6.94. The molecule has 1 aromatic rings. The molecule has 0 bridgehead atoms. The Bertz CT molecular complexity index is 406. The molecule has 98 valence electrons. The van der Waals surface area contributed by atoms with E-state index in [9.17, 15) is 9.59 Å². The third-order valence-electron chi connectivity index (χ3n) is 3.07. The molecule has 18 heavy (non-hydrogen) atoms. The van der Waals surface area contributed by atoms with Crippen molar-refractivity contribution < 1.29 is 14.3 Å². The lowest BCUT2D eigenvalue weighted by molar-refractivity contribution is -0.145. The van der Waals surface area contributed by atoms with E-state index in [2.05, 4.69) is 4.74 Å². The summed E-state index contributed by atoms with van der Waals surface area (Å²) in [6.45, 7) is 3.72. The van der Waals surface area contributed by atoms with Gasteiger partial charge in [-0.15, -0.1) is 0 Å². The van der Waals surface area contributed by atoms with Crippen molar-refractivity contribution in [2.45, 2.75) is 33.1 Å². The number of ketones is 1. The number of aryl methyl sites for hydroxylation is 1. The van der Waals surface area contributed by atoms with Crippen molar-refractivity contribution in [1.82, 2.24) is 0 Å². The van der Waals surface area contributed by atoms with Crippen molar-refractivity contribution >= 4 is 11.8 Å². The summed E-state index contributed by atoms with van der Waals surface area (Å²) in [4.78, 5) is 22.7. The fraction of sp³-hybridized carbons (Fsp3) is 0.467. The summed E-state index contributed by atoms with van der Waals surface area (Å²) in [5, 5.41) is 0. The maximum Gasteiger partial charge on any atom is 0.308 e. The number of Topliss-reactive ketones (excluding diaryl/α,β-unsaturated/α-hetero) is 1. The number of hydrogen-bond donors (Lipinski definition) is 0. The number of carbonyl (C=O) groups excluding carboxylic acids is 2. The first kappa shape index (κ1) is 14.4. The van der Waals surface area contributed by atoms with Gasteiger partial charge in [-0.25, -0.2) is 0 Å². The second-order valence-electron chi connectivity index (χ2n) is 4.44. The molecule has 0 amide bonds. The number of carbonyl (C=O) groups is 2. The Kier molecular flexibility index (Phi) is 5.56. The van der Waals surface area contributed by atoms with E-state index in [-0.39, 0.29) is 17.7 Å². The van der Waals surface area contributed by atoms with Gasteiger partial charge in [-0.3, -0.25) is 9.59 Å². The predicted octanol–water partition coefficient (Wildman–Crippen LogP) is 3.02. The van der Waals surface area contributed by atoms with Gasteiger partial charge in [0.2, 0.25) is 0 Å². The van der Waals surface area contributed by atoms with Crippen LogP contribution in [-0.2, 0) is 16.0 Å². The van der Waals surface area contributed by atoms with Crippen LogP contribution in [0.3, 0.4) is 0 Å². The molecule has 0 radical (unpaired) electrons. The average molecular weight is 248 g/mol. The van der Waals surface area contributed by atoms with Crippen LogP contribution in [-0.4, -0.2) is 18.9 Å². The number of hydrogen-bond acceptors (Lipinski definition) is 3. The Labute approximate surface area is 108 Å². The fourth-order valence-electron chi connectivity index (χ4n) is 1.76. The molecule has 1 rings (SSSR count). The van der Waals surface area contributed by atoms with Crippen LogP contribution < -0.4 is 0 Å². The van der Waals surface area contributed by atoms with Gasteiger partial charge in [-0.2, -0.15) is 0 Å². The fourth-order valence-corrected chi connectivity index (χ4v) is 1.76. The molecule has 0 saturated carbocycles. The van der Waals surface area contributed by atoms with Gasteiger partial charge in [0, 0.05) is 12.0 Å². The molecule has 1 aromatic carbocycles. The molecule has 0 spiro atoms. The standard InChI is InChI=1S/C15H20O3/c1-4-14(16)13-9-7-12(8-10-13)6-5-11(2)15(17)18-3/h7-11H,4-6H2,1-3H3. The molecule has 0 aliphatic carbocycles. The first-order valence-electron chi connectivity index (χ1n) is 6.28. The third-order valence-corrected chi connectivity index (χ3v) is 3.07. The quantitative estimate of drug-likeness (QED) is 0.574. The van der Waals surface area contributed by atoms with E-state index in [1.807, 2.05) is 38.1 Å². The minimum atomic E-state index is -0.173. The lowest BCUT2D eigenvalue weighted by Crippen LogP contribution is -2.13.